The van der Waals surface area contributed by atoms with Crippen molar-refractivity contribution in [2.24, 2.45) is 5.92 Å². The molecule has 0 amide bonds. The third-order valence-corrected chi connectivity index (χ3v) is 4.35. The van der Waals surface area contributed by atoms with Gasteiger partial charge in [-0.05, 0) is 30.5 Å². The molecule has 0 radical (unpaired) electrons. The van der Waals surface area contributed by atoms with Crippen LogP contribution in [-0.4, -0.2) is 32.4 Å². The number of halogens is 1. The van der Waals surface area contributed by atoms with Crippen LogP contribution in [-0.2, 0) is 6.54 Å². The molecule has 2 heterocycles. The normalized spacial score (nSPS) is 12.5. The van der Waals surface area contributed by atoms with Crippen LogP contribution in [0.15, 0.2) is 33.5 Å². The fraction of sp³-hybridized carbons (Fsp3) is 0.412. The molecular weight excluding hydrogens is 400 g/mol. The monoisotopic (exact) mass is 420 g/mol. The highest BCUT2D eigenvalue weighted by molar-refractivity contribution is 9.10. The first-order valence-corrected chi connectivity index (χ1v) is 9.11. The molecule has 0 saturated carbocycles. The van der Waals surface area contributed by atoms with Gasteiger partial charge in [0.05, 0.1) is 13.2 Å². The Bertz CT molecular complexity index is 834. The van der Waals surface area contributed by atoms with Crippen molar-refractivity contribution in [1.82, 2.24) is 30.6 Å². The second-order valence-electron chi connectivity index (χ2n) is 6.31. The van der Waals surface area contributed by atoms with Crippen LogP contribution in [0.25, 0.3) is 11.6 Å². The van der Waals surface area contributed by atoms with Crippen molar-refractivity contribution in [3.63, 3.8) is 0 Å². The zero-order valence-corrected chi connectivity index (χ0v) is 16.4. The number of nitrogens with one attached hydrogen (secondary N) is 2. The third-order valence-electron chi connectivity index (χ3n) is 3.86. The zero-order chi connectivity index (χ0) is 18.5. The van der Waals surface area contributed by atoms with Crippen LogP contribution in [0.4, 0.5) is 0 Å². The summed E-state index contributed by atoms with van der Waals surface area (Å²) in [5.74, 6) is 2.69. The summed E-state index contributed by atoms with van der Waals surface area (Å²) in [4.78, 5) is 8.52. The fourth-order valence-electron chi connectivity index (χ4n) is 2.65. The summed E-state index contributed by atoms with van der Waals surface area (Å²) in [6.07, 6.45) is 2.27. The molecule has 2 aromatic heterocycles. The van der Waals surface area contributed by atoms with Gasteiger partial charge in [-0.2, -0.15) is 10.1 Å². The predicted molar refractivity (Wildman–Crippen MR) is 99.4 cm³/mol. The summed E-state index contributed by atoms with van der Waals surface area (Å²) in [6.45, 7) is 4.92. The molecule has 3 rings (SSSR count). The SMILES string of the molecule is COc1ccc(Br)cc1CNC(CC(C)C)c1nc(-c2ncn[nH]2)no1. The minimum absolute atomic E-state index is 0.0807. The fourth-order valence-corrected chi connectivity index (χ4v) is 3.06. The summed E-state index contributed by atoms with van der Waals surface area (Å²) in [5.41, 5.74) is 1.05. The molecule has 0 aliphatic heterocycles. The zero-order valence-electron chi connectivity index (χ0n) is 14.9. The van der Waals surface area contributed by atoms with E-state index in [1.54, 1.807) is 7.11 Å². The van der Waals surface area contributed by atoms with E-state index in [0.717, 1.165) is 22.2 Å². The van der Waals surface area contributed by atoms with Gasteiger partial charge < -0.3 is 14.6 Å². The highest BCUT2D eigenvalue weighted by atomic mass is 79.9. The lowest BCUT2D eigenvalue weighted by atomic mass is 10.0. The quantitative estimate of drug-likeness (QED) is 0.574. The number of H-pyrrole nitrogens is 1. The van der Waals surface area contributed by atoms with Gasteiger partial charge in [-0.3, -0.25) is 5.10 Å². The van der Waals surface area contributed by atoms with Crippen LogP contribution in [0.1, 0.15) is 37.8 Å². The van der Waals surface area contributed by atoms with Crippen LogP contribution < -0.4 is 10.1 Å². The number of ether oxygens (including phenoxy) is 1. The highest BCUT2D eigenvalue weighted by Gasteiger charge is 2.22. The number of hydrogen-bond donors (Lipinski definition) is 2. The van der Waals surface area contributed by atoms with Crippen molar-refractivity contribution >= 4 is 15.9 Å². The van der Waals surface area contributed by atoms with E-state index < -0.39 is 0 Å². The van der Waals surface area contributed by atoms with Gasteiger partial charge in [0, 0.05) is 16.6 Å². The van der Waals surface area contributed by atoms with Gasteiger partial charge in [-0.15, -0.1) is 0 Å². The maximum Gasteiger partial charge on any atom is 0.244 e. The van der Waals surface area contributed by atoms with E-state index in [0.29, 0.717) is 30.0 Å². The number of hydrogen-bond acceptors (Lipinski definition) is 7. The Labute approximate surface area is 159 Å². The molecule has 0 aliphatic carbocycles. The number of rotatable bonds is 8. The first-order chi connectivity index (χ1) is 12.6. The molecule has 1 unspecified atom stereocenters. The standard InChI is InChI=1S/C17H21BrN6O2/c1-10(2)6-13(17-22-16(24-26-17)15-20-9-21-23-15)19-8-11-7-12(18)4-5-14(11)25-3/h4-5,7,9-10,13,19H,6,8H2,1-3H3,(H,20,21,23). The Morgan fingerprint density at radius 3 is 2.88 bits per heavy atom. The molecule has 0 saturated heterocycles. The Morgan fingerprint density at radius 2 is 2.19 bits per heavy atom. The van der Waals surface area contributed by atoms with Gasteiger partial charge in [-0.1, -0.05) is 34.9 Å². The third kappa shape index (κ3) is 4.47. The molecule has 0 aliphatic rings. The molecule has 26 heavy (non-hydrogen) atoms. The highest BCUT2D eigenvalue weighted by Crippen LogP contribution is 2.26. The minimum atomic E-state index is -0.0807. The Morgan fingerprint density at radius 1 is 1.35 bits per heavy atom. The Balaban J connectivity index is 1.78. The smallest absolute Gasteiger partial charge is 0.244 e. The largest absolute Gasteiger partial charge is 0.496 e. The van der Waals surface area contributed by atoms with Crippen LogP contribution in [0.5, 0.6) is 5.75 Å². The molecular formula is C17H21BrN6O2. The van der Waals surface area contributed by atoms with E-state index in [1.807, 2.05) is 18.2 Å². The summed E-state index contributed by atoms with van der Waals surface area (Å²) in [5, 5.41) is 14.0. The van der Waals surface area contributed by atoms with Gasteiger partial charge in [-0.25, -0.2) is 4.98 Å². The van der Waals surface area contributed by atoms with Crippen molar-refractivity contribution < 1.29 is 9.26 Å². The van der Waals surface area contributed by atoms with Crippen molar-refractivity contribution in [1.29, 1.82) is 0 Å². The predicted octanol–water partition coefficient (Wildman–Crippen LogP) is 3.50. The molecule has 1 atom stereocenters. The second kappa shape index (κ2) is 8.41. The van der Waals surface area contributed by atoms with Crippen LogP contribution in [0.3, 0.4) is 0 Å². The van der Waals surface area contributed by atoms with E-state index in [4.69, 9.17) is 9.26 Å². The lowest BCUT2D eigenvalue weighted by molar-refractivity contribution is 0.302. The topological polar surface area (TPSA) is 102 Å². The maximum atomic E-state index is 5.47. The lowest BCUT2D eigenvalue weighted by Crippen LogP contribution is -2.23. The maximum absolute atomic E-state index is 5.47. The van der Waals surface area contributed by atoms with Gasteiger partial charge in [0.1, 0.15) is 12.1 Å². The molecule has 1 aromatic carbocycles. The average molecular weight is 421 g/mol. The van der Waals surface area contributed by atoms with E-state index in [-0.39, 0.29) is 6.04 Å². The number of nitrogens with zero attached hydrogens (tertiary/aromatic N) is 4. The van der Waals surface area contributed by atoms with Crippen molar-refractivity contribution in [3.05, 3.63) is 40.5 Å². The van der Waals surface area contributed by atoms with E-state index >= 15 is 0 Å². The number of aromatic amines is 1. The summed E-state index contributed by atoms with van der Waals surface area (Å²) in [7, 11) is 1.67. The van der Waals surface area contributed by atoms with E-state index in [1.165, 1.54) is 6.33 Å². The molecule has 2 N–H and O–H groups in total. The van der Waals surface area contributed by atoms with Crippen molar-refractivity contribution in [2.75, 3.05) is 7.11 Å². The first kappa shape index (κ1) is 18.5. The molecule has 8 nitrogen and oxygen atoms in total. The van der Waals surface area contributed by atoms with Crippen molar-refractivity contribution in [2.45, 2.75) is 32.9 Å². The molecule has 0 spiro atoms. The molecule has 9 heteroatoms. The van der Waals surface area contributed by atoms with Crippen LogP contribution in [0, 0.1) is 5.92 Å². The molecule has 138 valence electrons. The summed E-state index contributed by atoms with van der Waals surface area (Å²) in [6, 6.07) is 5.84. The van der Waals surface area contributed by atoms with Gasteiger partial charge in [0.2, 0.25) is 11.7 Å². The van der Waals surface area contributed by atoms with Gasteiger partial charge >= 0.3 is 0 Å². The number of methoxy groups -OCH3 is 1. The Hall–Kier alpha value is -2.26. The first-order valence-electron chi connectivity index (χ1n) is 8.32. The van der Waals surface area contributed by atoms with Crippen molar-refractivity contribution in [3.8, 4) is 17.4 Å². The molecule has 0 fully saturated rings. The number of aromatic nitrogens is 5. The summed E-state index contributed by atoms with van der Waals surface area (Å²) < 4.78 is 11.9. The van der Waals surface area contributed by atoms with Crippen LogP contribution in [0.2, 0.25) is 0 Å². The van der Waals surface area contributed by atoms with Gasteiger partial charge in [0.15, 0.2) is 5.82 Å². The van der Waals surface area contributed by atoms with E-state index in [9.17, 15) is 0 Å². The number of benzene rings is 1. The van der Waals surface area contributed by atoms with E-state index in [2.05, 4.69) is 60.4 Å². The van der Waals surface area contributed by atoms with Gasteiger partial charge in [0.25, 0.3) is 0 Å². The average Bonchev–Trinajstić information content (AvgIpc) is 3.29. The molecule has 0 bridgehead atoms. The minimum Gasteiger partial charge on any atom is -0.496 e. The summed E-state index contributed by atoms with van der Waals surface area (Å²) >= 11 is 3.50. The Kier molecular flexibility index (Phi) is 6.00. The molecule has 3 aromatic rings. The lowest BCUT2D eigenvalue weighted by Gasteiger charge is -2.18. The second-order valence-corrected chi connectivity index (χ2v) is 7.23. The van der Waals surface area contributed by atoms with Crippen LogP contribution >= 0.6 is 15.9 Å².